The van der Waals surface area contributed by atoms with E-state index >= 15 is 0 Å². The Morgan fingerprint density at radius 2 is 1.76 bits per heavy atom. The highest BCUT2D eigenvalue weighted by atomic mass is 32.2. The number of anilines is 1. The Hall–Kier alpha value is -3.07. The van der Waals surface area contributed by atoms with Crippen LogP contribution in [0.2, 0.25) is 0 Å². The second kappa shape index (κ2) is 8.70. The van der Waals surface area contributed by atoms with Crippen molar-refractivity contribution in [2.24, 2.45) is 4.40 Å². The first-order valence-corrected chi connectivity index (χ1v) is 12.8. The number of hydrogen-bond donors (Lipinski definition) is 0. The Morgan fingerprint density at radius 3 is 2.55 bits per heavy atom. The molecule has 3 aliphatic rings. The zero-order valence-electron chi connectivity index (χ0n) is 18.7. The molecule has 8 nitrogen and oxygen atoms in total. The lowest BCUT2D eigenvalue weighted by Gasteiger charge is -2.31. The van der Waals surface area contributed by atoms with Crippen molar-refractivity contribution < 1.29 is 17.9 Å². The van der Waals surface area contributed by atoms with Gasteiger partial charge in [-0.05, 0) is 55.7 Å². The summed E-state index contributed by atoms with van der Waals surface area (Å²) in [5.41, 5.74) is 1.72. The molecule has 0 aliphatic carbocycles. The van der Waals surface area contributed by atoms with Gasteiger partial charge in [0.25, 0.3) is 10.0 Å². The lowest BCUT2D eigenvalue weighted by Crippen LogP contribution is -2.48. The predicted molar refractivity (Wildman–Crippen MR) is 126 cm³/mol. The number of ether oxygens (including phenoxy) is 1. The Bertz CT molecular complexity index is 1180. The molecule has 3 aliphatic heterocycles. The Labute approximate surface area is 194 Å². The number of carbonyl (C=O) groups is 1. The van der Waals surface area contributed by atoms with Crippen LogP contribution in [-0.4, -0.2) is 75.8 Å². The number of rotatable bonds is 3. The molecule has 9 heteroatoms. The second-order valence-electron chi connectivity index (χ2n) is 8.60. The van der Waals surface area contributed by atoms with Crippen LogP contribution < -0.4 is 9.64 Å². The zero-order valence-corrected chi connectivity index (χ0v) is 19.5. The molecular formula is C24H28N4O4S. The Kier molecular flexibility index (Phi) is 5.74. The van der Waals surface area contributed by atoms with Crippen molar-refractivity contribution in [3.63, 3.8) is 0 Å². The molecule has 2 fully saturated rings. The highest BCUT2D eigenvalue weighted by Crippen LogP contribution is 2.32. The standard InChI is InChI=1S/C24H28N4O4S/c1-32-19-11-9-18(10-12-19)26-13-5-14-27(17-16-26)24(29)21-7-4-15-28(21)23-20-6-2-3-8-22(20)33(30,31)25-23/h2-3,6,8-12,21H,4-5,7,13-17H2,1H3/t21-/m0/s1. The van der Waals surface area contributed by atoms with Crippen LogP contribution >= 0.6 is 0 Å². The highest BCUT2D eigenvalue weighted by Gasteiger charge is 2.40. The first-order chi connectivity index (χ1) is 16.0. The van der Waals surface area contributed by atoms with Crippen molar-refractivity contribution in [2.75, 3.05) is 44.7 Å². The monoisotopic (exact) mass is 468 g/mol. The van der Waals surface area contributed by atoms with Gasteiger partial charge >= 0.3 is 0 Å². The third-order valence-corrected chi connectivity index (χ3v) is 7.99. The molecular weight excluding hydrogens is 440 g/mol. The van der Waals surface area contributed by atoms with Crippen molar-refractivity contribution in [3.05, 3.63) is 54.1 Å². The Morgan fingerprint density at radius 1 is 0.970 bits per heavy atom. The molecule has 1 atom stereocenters. The average Bonchev–Trinajstić information content (AvgIpc) is 3.32. The summed E-state index contributed by atoms with van der Waals surface area (Å²) in [5.74, 6) is 1.30. The summed E-state index contributed by atoms with van der Waals surface area (Å²) >= 11 is 0. The molecule has 0 spiro atoms. The molecule has 0 aromatic heterocycles. The van der Waals surface area contributed by atoms with Crippen LogP contribution in [0.15, 0.2) is 57.8 Å². The number of methoxy groups -OCH3 is 1. The quantitative estimate of drug-likeness (QED) is 0.688. The third-order valence-electron chi connectivity index (χ3n) is 6.67. The molecule has 2 aromatic carbocycles. The van der Waals surface area contributed by atoms with Crippen LogP contribution in [0.5, 0.6) is 5.75 Å². The normalized spacial score (nSPS) is 22.0. The summed E-state index contributed by atoms with van der Waals surface area (Å²) in [4.78, 5) is 19.9. The number of nitrogens with zero attached hydrogens (tertiary/aromatic N) is 4. The van der Waals surface area contributed by atoms with E-state index in [1.165, 1.54) is 0 Å². The molecule has 0 N–H and O–H groups in total. The maximum Gasteiger partial charge on any atom is 0.285 e. The van der Waals surface area contributed by atoms with Crippen molar-refractivity contribution >= 4 is 27.5 Å². The smallest absolute Gasteiger partial charge is 0.285 e. The number of likely N-dealkylation sites (tertiary alicyclic amines) is 1. The highest BCUT2D eigenvalue weighted by molar-refractivity contribution is 7.90. The molecule has 2 saturated heterocycles. The van der Waals surface area contributed by atoms with Crippen LogP contribution in [0, 0.1) is 0 Å². The fourth-order valence-corrected chi connectivity index (χ4v) is 6.19. The van der Waals surface area contributed by atoms with E-state index in [4.69, 9.17) is 4.74 Å². The van der Waals surface area contributed by atoms with Gasteiger partial charge in [-0.2, -0.15) is 8.42 Å². The number of amidine groups is 1. The van der Waals surface area contributed by atoms with Gasteiger partial charge < -0.3 is 19.4 Å². The molecule has 0 radical (unpaired) electrons. The van der Waals surface area contributed by atoms with Gasteiger partial charge in [0.15, 0.2) is 5.84 Å². The number of amides is 1. The van der Waals surface area contributed by atoms with Gasteiger partial charge in [-0.3, -0.25) is 4.79 Å². The SMILES string of the molecule is COc1ccc(N2CCCN(C(=O)[C@@H]3CCCN3C3=NS(=O)(=O)c4ccccc43)CC2)cc1. The van der Waals surface area contributed by atoms with Crippen molar-refractivity contribution in [3.8, 4) is 5.75 Å². The summed E-state index contributed by atoms with van der Waals surface area (Å²) in [5, 5.41) is 0. The minimum Gasteiger partial charge on any atom is -0.497 e. The van der Waals surface area contributed by atoms with Crippen molar-refractivity contribution in [2.45, 2.75) is 30.2 Å². The van der Waals surface area contributed by atoms with Crippen LogP contribution in [0.25, 0.3) is 0 Å². The van der Waals surface area contributed by atoms with Gasteiger partial charge in [-0.25, -0.2) is 0 Å². The van der Waals surface area contributed by atoms with Crippen LogP contribution in [-0.2, 0) is 14.8 Å². The van der Waals surface area contributed by atoms with E-state index in [2.05, 4.69) is 9.30 Å². The first kappa shape index (κ1) is 21.8. The number of carbonyl (C=O) groups excluding carboxylic acids is 1. The molecule has 2 aromatic rings. The zero-order chi connectivity index (χ0) is 23.0. The summed E-state index contributed by atoms with van der Waals surface area (Å²) in [6, 6.07) is 14.5. The van der Waals surface area contributed by atoms with E-state index < -0.39 is 10.0 Å². The third kappa shape index (κ3) is 4.06. The van der Waals surface area contributed by atoms with E-state index in [0.29, 0.717) is 37.5 Å². The molecule has 174 valence electrons. The minimum atomic E-state index is -3.71. The molecule has 33 heavy (non-hydrogen) atoms. The fourth-order valence-electron chi connectivity index (χ4n) is 4.97. The molecule has 5 rings (SSSR count). The minimum absolute atomic E-state index is 0.0635. The van der Waals surface area contributed by atoms with Crippen LogP contribution in [0.3, 0.4) is 0 Å². The molecule has 0 bridgehead atoms. The maximum atomic E-state index is 13.6. The summed E-state index contributed by atoms with van der Waals surface area (Å²) in [6.45, 7) is 3.59. The Balaban J connectivity index is 1.31. The first-order valence-electron chi connectivity index (χ1n) is 11.4. The largest absolute Gasteiger partial charge is 0.497 e. The lowest BCUT2D eigenvalue weighted by atomic mass is 10.1. The fraction of sp³-hybridized carbons (Fsp3) is 0.417. The number of hydrogen-bond acceptors (Lipinski definition) is 6. The molecule has 3 heterocycles. The average molecular weight is 469 g/mol. The molecule has 0 unspecified atom stereocenters. The van der Waals surface area contributed by atoms with E-state index in [1.807, 2.05) is 40.1 Å². The van der Waals surface area contributed by atoms with Gasteiger partial charge in [-0.1, -0.05) is 12.1 Å². The number of sulfonamides is 1. The summed E-state index contributed by atoms with van der Waals surface area (Å²) < 4.78 is 34.4. The van der Waals surface area contributed by atoms with Gasteiger partial charge in [-0.15, -0.1) is 4.40 Å². The van der Waals surface area contributed by atoms with E-state index in [0.717, 1.165) is 37.4 Å². The van der Waals surface area contributed by atoms with E-state index in [-0.39, 0.29) is 16.8 Å². The van der Waals surface area contributed by atoms with Gasteiger partial charge in [0, 0.05) is 44.0 Å². The maximum absolute atomic E-state index is 13.6. The van der Waals surface area contributed by atoms with Gasteiger partial charge in [0.2, 0.25) is 5.91 Å². The van der Waals surface area contributed by atoms with E-state index in [9.17, 15) is 13.2 Å². The van der Waals surface area contributed by atoms with E-state index in [1.54, 1.807) is 25.3 Å². The summed E-state index contributed by atoms with van der Waals surface area (Å²) in [6.07, 6.45) is 2.42. The van der Waals surface area contributed by atoms with Crippen LogP contribution in [0.4, 0.5) is 5.69 Å². The number of benzene rings is 2. The molecule has 0 saturated carbocycles. The topological polar surface area (TPSA) is 82.5 Å². The molecule has 1 amide bonds. The van der Waals surface area contributed by atoms with Crippen molar-refractivity contribution in [1.82, 2.24) is 9.80 Å². The van der Waals surface area contributed by atoms with Crippen molar-refractivity contribution in [1.29, 1.82) is 0 Å². The second-order valence-corrected chi connectivity index (χ2v) is 10.2. The van der Waals surface area contributed by atoms with Crippen LogP contribution in [0.1, 0.15) is 24.8 Å². The summed E-state index contributed by atoms with van der Waals surface area (Å²) in [7, 11) is -2.05. The van der Waals surface area contributed by atoms with Gasteiger partial charge in [0.05, 0.1) is 7.11 Å². The lowest BCUT2D eigenvalue weighted by molar-refractivity contribution is -0.134. The predicted octanol–water partition coefficient (Wildman–Crippen LogP) is 2.35. The number of fused-ring (bicyclic) bond motifs is 1. The van der Waals surface area contributed by atoms with Gasteiger partial charge in [0.1, 0.15) is 16.7 Å².